The maximum absolute atomic E-state index is 5.69. The Hall–Kier alpha value is -0.990. The van der Waals surface area contributed by atoms with Gasteiger partial charge < -0.3 is 0 Å². The molecule has 0 spiro atoms. The van der Waals surface area contributed by atoms with Crippen LogP contribution in [0.4, 0.5) is 0 Å². The molecular weight excluding hydrogens is 138 g/mol. The van der Waals surface area contributed by atoms with Gasteiger partial charge in [0.05, 0.1) is 19.6 Å². The van der Waals surface area contributed by atoms with Gasteiger partial charge in [0.1, 0.15) is 0 Å². The molecule has 0 aliphatic rings. The molecule has 0 atom stereocenters. The van der Waals surface area contributed by atoms with Crippen molar-refractivity contribution < 1.29 is 4.58 Å². The standard InChI is InChI=1S/C8H17N3/c1-5-6-11(7(2)3)8(9)10-4/h5,7H,1,6H2,2-4H3,(H2,9,10)/p+1. The van der Waals surface area contributed by atoms with E-state index in [1.54, 1.807) is 0 Å². The highest BCUT2D eigenvalue weighted by Crippen LogP contribution is 1.87. The first-order valence-electron chi connectivity index (χ1n) is 3.81. The Bertz CT molecular complexity index is 159. The van der Waals surface area contributed by atoms with Crippen LogP contribution in [0.3, 0.4) is 0 Å². The normalized spacial score (nSPS) is 12.7. The molecule has 3 heteroatoms. The average Bonchev–Trinajstić information content (AvgIpc) is 1.98. The van der Waals surface area contributed by atoms with E-state index in [1.807, 2.05) is 17.7 Å². The molecule has 0 heterocycles. The molecule has 0 saturated heterocycles. The van der Waals surface area contributed by atoms with Gasteiger partial charge in [-0.3, -0.25) is 15.6 Å². The van der Waals surface area contributed by atoms with Crippen LogP contribution in [-0.2, 0) is 0 Å². The monoisotopic (exact) mass is 156 g/mol. The van der Waals surface area contributed by atoms with E-state index in [4.69, 9.17) is 5.73 Å². The third kappa shape index (κ3) is 3.07. The summed E-state index contributed by atoms with van der Waals surface area (Å²) in [6, 6.07) is 0.403. The summed E-state index contributed by atoms with van der Waals surface area (Å²) in [5.41, 5.74) is 5.69. The summed E-state index contributed by atoms with van der Waals surface area (Å²) in [5, 5.41) is 2.90. The number of hydrogen-bond donors (Lipinski definition) is 2. The van der Waals surface area contributed by atoms with E-state index in [0.29, 0.717) is 12.0 Å². The van der Waals surface area contributed by atoms with E-state index in [0.717, 1.165) is 6.54 Å². The number of nitrogens with zero attached hydrogens (tertiary/aromatic N) is 1. The van der Waals surface area contributed by atoms with Crippen LogP contribution >= 0.6 is 0 Å². The molecule has 0 aromatic carbocycles. The summed E-state index contributed by atoms with van der Waals surface area (Å²) >= 11 is 0. The zero-order chi connectivity index (χ0) is 8.85. The summed E-state index contributed by atoms with van der Waals surface area (Å²) in [5.74, 6) is 0.694. The van der Waals surface area contributed by atoms with Gasteiger partial charge in [0.2, 0.25) is 0 Å². The lowest BCUT2D eigenvalue weighted by atomic mass is 10.3. The molecule has 11 heavy (non-hydrogen) atoms. The van der Waals surface area contributed by atoms with E-state index >= 15 is 0 Å². The summed E-state index contributed by atoms with van der Waals surface area (Å²) in [7, 11) is 1.81. The first-order chi connectivity index (χ1) is 5.13. The highest BCUT2D eigenvalue weighted by molar-refractivity contribution is 5.72. The van der Waals surface area contributed by atoms with Gasteiger partial charge in [0, 0.05) is 0 Å². The van der Waals surface area contributed by atoms with Crippen LogP contribution in [0.15, 0.2) is 12.7 Å². The van der Waals surface area contributed by atoms with E-state index < -0.39 is 0 Å². The van der Waals surface area contributed by atoms with Crippen LogP contribution in [0, 0.1) is 0 Å². The highest BCUT2D eigenvalue weighted by atomic mass is 15.2. The quantitative estimate of drug-likeness (QED) is 0.264. The Morgan fingerprint density at radius 1 is 1.73 bits per heavy atom. The zero-order valence-electron chi connectivity index (χ0n) is 7.59. The molecule has 3 nitrogen and oxygen atoms in total. The fourth-order valence-electron chi connectivity index (χ4n) is 0.870. The number of guanidine groups is 1. The molecule has 0 aromatic heterocycles. The lowest BCUT2D eigenvalue weighted by molar-refractivity contribution is -0.551. The van der Waals surface area contributed by atoms with Gasteiger partial charge >= 0.3 is 5.96 Å². The van der Waals surface area contributed by atoms with Gasteiger partial charge in [-0.15, -0.1) is 0 Å². The predicted octanol–water partition coefficient (Wildman–Crippen LogP) is 0.127. The lowest BCUT2D eigenvalue weighted by Crippen LogP contribution is -2.41. The summed E-state index contributed by atoms with van der Waals surface area (Å²) in [6.45, 7) is 8.63. The third-order valence-electron chi connectivity index (χ3n) is 1.51. The molecule has 0 rings (SSSR count). The molecule has 0 aliphatic heterocycles. The minimum atomic E-state index is 0.403. The number of nitrogens with two attached hydrogens (primary N) is 1. The van der Waals surface area contributed by atoms with Crippen molar-refractivity contribution in [2.45, 2.75) is 19.9 Å². The number of hydrogen-bond acceptors (Lipinski definition) is 0. The van der Waals surface area contributed by atoms with Crippen molar-refractivity contribution in [2.75, 3.05) is 13.6 Å². The Labute approximate surface area is 68.6 Å². The first kappa shape index (κ1) is 10.0. The topological polar surface area (TPSA) is 41.1 Å². The highest BCUT2D eigenvalue weighted by Gasteiger charge is 2.07. The smallest absolute Gasteiger partial charge is 0.291 e. The molecule has 0 bridgehead atoms. The Kier molecular flexibility index (Phi) is 4.34. The SMILES string of the molecule is C=CC[N+](=C(N)NC)C(C)C. The first-order valence-corrected chi connectivity index (χ1v) is 3.81. The van der Waals surface area contributed by atoms with Gasteiger partial charge in [-0.05, 0) is 13.8 Å². The summed E-state index contributed by atoms with van der Waals surface area (Å²) < 4.78 is 2.03. The maximum Gasteiger partial charge on any atom is 0.343 e. The maximum atomic E-state index is 5.69. The average molecular weight is 156 g/mol. The molecule has 0 aliphatic carbocycles. The minimum Gasteiger partial charge on any atom is -0.291 e. The van der Waals surface area contributed by atoms with Crippen LogP contribution in [-0.4, -0.2) is 30.2 Å². The molecular formula is C8H18N3+. The van der Waals surface area contributed by atoms with Gasteiger partial charge in [0.25, 0.3) is 0 Å². The second kappa shape index (κ2) is 4.77. The van der Waals surface area contributed by atoms with Crippen LogP contribution in [0.2, 0.25) is 0 Å². The second-order valence-electron chi connectivity index (χ2n) is 2.67. The van der Waals surface area contributed by atoms with E-state index in [9.17, 15) is 0 Å². The Balaban J connectivity index is 4.42. The Morgan fingerprint density at radius 2 is 2.27 bits per heavy atom. The van der Waals surface area contributed by atoms with Crippen molar-refractivity contribution >= 4 is 5.96 Å². The number of nitrogens with one attached hydrogen (secondary N) is 1. The fourth-order valence-corrected chi connectivity index (χ4v) is 0.870. The fraction of sp³-hybridized carbons (Fsp3) is 0.625. The zero-order valence-corrected chi connectivity index (χ0v) is 7.59. The van der Waals surface area contributed by atoms with Gasteiger partial charge in [-0.1, -0.05) is 12.7 Å². The number of rotatable bonds is 3. The second-order valence-corrected chi connectivity index (χ2v) is 2.67. The third-order valence-corrected chi connectivity index (χ3v) is 1.51. The largest absolute Gasteiger partial charge is 0.343 e. The summed E-state index contributed by atoms with van der Waals surface area (Å²) in [6.07, 6.45) is 1.84. The van der Waals surface area contributed by atoms with Crippen molar-refractivity contribution in [3.63, 3.8) is 0 Å². The van der Waals surface area contributed by atoms with Gasteiger partial charge in [-0.2, -0.15) is 0 Å². The molecule has 0 fully saturated rings. The van der Waals surface area contributed by atoms with Gasteiger partial charge in [-0.25, -0.2) is 0 Å². The minimum absolute atomic E-state index is 0.403. The van der Waals surface area contributed by atoms with Crippen LogP contribution < -0.4 is 11.1 Å². The molecule has 0 amide bonds. The molecule has 0 unspecified atom stereocenters. The van der Waals surface area contributed by atoms with Crippen LogP contribution in [0.1, 0.15) is 13.8 Å². The van der Waals surface area contributed by atoms with Crippen molar-refractivity contribution in [1.82, 2.24) is 5.32 Å². The van der Waals surface area contributed by atoms with Gasteiger partial charge in [0.15, 0.2) is 0 Å². The van der Waals surface area contributed by atoms with E-state index in [2.05, 4.69) is 25.7 Å². The van der Waals surface area contributed by atoms with Crippen molar-refractivity contribution in [1.29, 1.82) is 0 Å². The van der Waals surface area contributed by atoms with Crippen LogP contribution in [0.25, 0.3) is 0 Å². The van der Waals surface area contributed by atoms with Crippen molar-refractivity contribution in [2.24, 2.45) is 5.73 Å². The summed E-state index contributed by atoms with van der Waals surface area (Å²) in [4.78, 5) is 0. The van der Waals surface area contributed by atoms with Crippen molar-refractivity contribution in [3.8, 4) is 0 Å². The van der Waals surface area contributed by atoms with E-state index in [1.165, 1.54) is 0 Å². The Morgan fingerprint density at radius 3 is 2.55 bits per heavy atom. The van der Waals surface area contributed by atoms with Crippen molar-refractivity contribution in [3.05, 3.63) is 12.7 Å². The predicted molar refractivity (Wildman–Crippen MR) is 48.7 cm³/mol. The molecule has 0 saturated carbocycles. The lowest BCUT2D eigenvalue weighted by Gasteiger charge is -2.11. The van der Waals surface area contributed by atoms with E-state index in [-0.39, 0.29) is 0 Å². The molecule has 0 radical (unpaired) electrons. The molecule has 64 valence electrons. The molecule has 0 aromatic rings. The van der Waals surface area contributed by atoms with Crippen LogP contribution in [0.5, 0.6) is 0 Å². The molecule has 3 N–H and O–H groups in total.